The van der Waals surface area contributed by atoms with E-state index in [0.29, 0.717) is 11.8 Å². The molecule has 0 aromatic carbocycles. The smallest absolute Gasteiger partial charge is 0.0161 e. The minimum absolute atomic E-state index is 0.388. The first-order valence-electron chi connectivity index (χ1n) is 4.94. The van der Waals surface area contributed by atoms with E-state index in [0.717, 1.165) is 13.0 Å². The van der Waals surface area contributed by atoms with E-state index in [1.807, 2.05) is 7.05 Å². The van der Waals surface area contributed by atoms with Crippen molar-refractivity contribution in [2.24, 2.45) is 11.8 Å². The van der Waals surface area contributed by atoms with E-state index in [4.69, 9.17) is 5.41 Å². The van der Waals surface area contributed by atoms with Crippen LogP contribution in [0.2, 0.25) is 0 Å². The van der Waals surface area contributed by atoms with Gasteiger partial charge < -0.3 is 10.7 Å². The summed E-state index contributed by atoms with van der Waals surface area (Å²) in [4.78, 5) is 0. The molecular formula is C11H22N2. The monoisotopic (exact) mass is 182 g/mol. The van der Waals surface area contributed by atoms with E-state index in [2.05, 4.69) is 32.2 Å². The van der Waals surface area contributed by atoms with E-state index in [9.17, 15) is 0 Å². The van der Waals surface area contributed by atoms with Crippen LogP contribution in [0.5, 0.6) is 0 Å². The topological polar surface area (TPSA) is 35.9 Å². The van der Waals surface area contributed by atoms with Crippen LogP contribution < -0.4 is 5.32 Å². The lowest BCUT2D eigenvalue weighted by atomic mass is 9.90. The van der Waals surface area contributed by atoms with Gasteiger partial charge in [0.1, 0.15) is 0 Å². The van der Waals surface area contributed by atoms with E-state index in [1.54, 1.807) is 6.21 Å². The van der Waals surface area contributed by atoms with Crippen molar-refractivity contribution in [1.82, 2.24) is 5.32 Å². The predicted molar refractivity (Wildman–Crippen MR) is 59.4 cm³/mol. The fraction of sp³-hybridized carbons (Fsp3) is 0.727. The lowest BCUT2D eigenvalue weighted by Gasteiger charge is -2.17. The van der Waals surface area contributed by atoms with Crippen LogP contribution in [0.25, 0.3) is 0 Å². The van der Waals surface area contributed by atoms with Gasteiger partial charge in [-0.3, -0.25) is 0 Å². The molecule has 0 spiro atoms. The first kappa shape index (κ1) is 12.4. The van der Waals surface area contributed by atoms with Crippen molar-refractivity contribution in [3.05, 3.63) is 11.6 Å². The molecule has 2 heteroatoms. The highest BCUT2D eigenvalue weighted by atomic mass is 14.8. The molecule has 0 aromatic heterocycles. The van der Waals surface area contributed by atoms with Crippen LogP contribution in [0.3, 0.4) is 0 Å². The van der Waals surface area contributed by atoms with Crippen LogP contribution in [-0.4, -0.2) is 19.8 Å². The van der Waals surface area contributed by atoms with Crippen LogP contribution in [0.1, 0.15) is 27.2 Å². The van der Waals surface area contributed by atoms with Gasteiger partial charge in [0.15, 0.2) is 0 Å². The maximum atomic E-state index is 7.32. The van der Waals surface area contributed by atoms with Gasteiger partial charge in [0, 0.05) is 6.54 Å². The maximum Gasteiger partial charge on any atom is 0.0161 e. The van der Waals surface area contributed by atoms with E-state index in [1.165, 1.54) is 5.57 Å². The molecule has 76 valence electrons. The highest BCUT2D eigenvalue weighted by molar-refractivity contribution is 5.57. The Morgan fingerprint density at radius 1 is 1.46 bits per heavy atom. The first-order valence-corrected chi connectivity index (χ1v) is 4.94. The van der Waals surface area contributed by atoms with Crippen LogP contribution in [0, 0.1) is 17.2 Å². The molecule has 1 atom stereocenters. The molecule has 0 aromatic rings. The minimum Gasteiger partial charge on any atom is -0.316 e. The Kier molecular flexibility index (Phi) is 6.51. The lowest BCUT2D eigenvalue weighted by Crippen LogP contribution is -2.16. The highest BCUT2D eigenvalue weighted by Gasteiger charge is 2.11. The molecule has 0 aliphatic carbocycles. The van der Waals surface area contributed by atoms with Crippen molar-refractivity contribution in [1.29, 1.82) is 5.41 Å². The molecule has 0 saturated heterocycles. The average molecular weight is 182 g/mol. The second-order valence-corrected chi connectivity index (χ2v) is 3.76. The van der Waals surface area contributed by atoms with Crippen molar-refractivity contribution in [3.63, 3.8) is 0 Å². The number of hydrogen-bond donors (Lipinski definition) is 2. The van der Waals surface area contributed by atoms with Crippen molar-refractivity contribution < 1.29 is 0 Å². The summed E-state index contributed by atoms with van der Waals surface area (Å²) in [6, 6.07) is 0. The van der Waals surface area contributed by atoms with Crippen LogP contribution in [0.4, 0.5) is 0 Å². The van der Waals surface area contributed by atoms with Crippen molar-refractivity contribution >= 4 is 6.21 Å². The summed E-state index contributed by atoms with van der Waals surface area (Å²) in [6.45, 7) is 7.34. The molecule has 0 bridgehead atoms. The maximum absolute atomic E-state index is 7.32. The third kappa shape index (κ3) is 4.83. The van der Waals surface area contributed by atoms with E-state index >= 15 is 0 Å². The van der Waals surface area contributed by atoms with Crippen molar-refractivity contribution in [2.75, 3.05) is 13.6 Å². The SMILES string of the molecule is C/C=C(/CNC)CC(C=N)C(C)C. The zero-order chi connectivity index (χ0) is 10.3. The number of hydrogen-bond acceptors (Lipinski definition) is 2. The molecular weight excluding hydrogens is 160 g/mol. The average Bonchev–Trinajstić information content (AvgIpc) is 2.11. The molecule has 0 fully saturated rings. The van der Waals surface area contributed by atoms with Gasteiger partial charge in [0.05, 0.1) is 0 Å². The second-order valence-electron chi connectivity index (χ2n) is 3.76. The molecule has 2 N–H and O–H groups in total. The molecule has 1 unspecified atom stereocenters. The third-order valence-electron chi connectivity index (χ3n) is 2.38. The summed E-state index contributed by atoms with van der Waals surface area (Å²) in [6.07, 6.45) is 4.73. The molecule has 0 aliphatic rings. The minimum atomic E-state index is 0.388. The predicted octanol–water partition coefficient (Wildman–Crippen LogP) is 2.46. The number of allylic oxidation sites excluding steroid dienone is 1. The van der Waals surface area contributed by atoms with E-state index in [-0.39, 0.29) is 0 Å². The number of nitrogens with one attached hydrogen (secondary N) is 2. The summed E-state index contributed by atoms with van der Waals surface area (Å²) in [5.74, 6) is 0.948. The summed E-state index contributed by atoms with van der Waals surface area (Å²) in [7, 11) is 1.96. The molecule has 2 nitrogen and oxygen atoms in total. The molecule has 0 amide bonds. The fourth-order valence-electron chi connectivity index (χ4n) is 1.31. The fourth-order valence-corrected chi connectivity index (χ4v) is 1.31. The Morgan fingerprint density at radius 2 is 2.08 bits per heavy atom. The summed E-state index contributed by atoms with van der Waals surface area (Å²) < 4.78 is 0. The van der Waals surface area contributed by atoms with Gasteiger partial charge in [-0.1, -0.05) is 25.5 Å². The van der Waals surface area contributed by atoms with Crippen molar-refractivity contribution in [3.8, 4) is 0 Å². The van der Waals surface area contributed by atoms with Gasteiger partial charge in [-0.05, 0) is 38.4 Å². The third-order valence-corrected chi connectivity index (χ3v) is 2.38. The number of likely N-dealkylation sites (N-methyl/N-ethyl adjacent to an activating group) is 1. The van der Waals surface area contributed by atoms with Gasteiger partial charge in [-0.15, -0.1) is 0 Å². The standard InChI is InChI=1S/C11H22N2/c1-5-10(8-13-4)6-11(7-12)9(2)3/h5,7,9,11-13H,6,8H2,1-4H3/b10-5+,12-7?. The summed E-state index contributed by atoms with van der Waals surface area (Å²) >= 11 is 0. The van der Waals surface area contributed by atoms with Crippen molar-refractivity contribution in [2.45, 2.75) is 27.2 Å². The van der Waals surface area contributed by atoms with Crippen LogP contribution in [0.15, 0.2) is 11.6 Å². The highest BCUT2D eigenvalue weighted by Crippen LogP contribution is 2.17. The van der Waals surface area contributed by atoms with E-state index < -0.39 is 0 Å². The van der Waals surface area contributed by atoms with Crippen LogP contribution in [-0.2, 0) is 0 Å². The zero-order valence-electron chi connectivity index (χ0n) is 9.22. The van der Waals surface area contributed by atoms with Gasteiger partial charge >= 0.3 is 0 Å². The summed E-state index contributed by atoms with van der Waals surface area (Å²) in [5, 5.41) is 10.5. The first-order chi connectivity index (χ1) is 6.15. The molecule has 0 rings (SSSR count). The molecule has 0 saturated carbocycles. The summed E-state index contributed by atoms with van der Waals surface area (Å²) in [5.41, 5.74) is 1.39. The van der Waals surface area contributed by atoms with Gasteiger partial charge in [-0.2, -0.15) is 0 Å². The Balaban J connectivity index is 4.12. The quantitative estimate of drug-likeness (QED) is 0.480. The molecule has 0 aliphatic heterocycles. The largest absolute Gasteiger partial charge is 0.316 e. The Morgan fingerprint density at radius 3 is 2.38 bits per heavy atom. The molecule has 0 heterocycles. The van der Waals surface area contributed by atoms with Gasteiger partial charge in [0.2, 0.25) is 0 Å². The second kappa shape index (κ2) is 6.84. The van der Waals surface area contributed by atoms with Crippen LogP contribution >= 0.6 is 0 Å². The lowest BCUT2D eigenvalue weighted by molar-refractivity contribution is 0.491. The zero-order valence-corrected chi connectivity index (χ0v) is 9.22. The molecule has 13 heavy (non-hydrogen) atoms. The number of rotatable bonds is 6. The van der Waals surface area contributed by atoms with Gasteiger partial charge in [0.25, 0.3) is 0 Å². The Hall–Kier alpha value is -0.630. The molecule has 0 radical (unpaired) electrons. The Bertz CT molecular complexity index is 171. The normalized spacial score (nSPS) is 14.7. The Labute approximate surface area is 81.9 Å². The van der Waals surface area contributed by atoms with Gasteiger partial charge in [-0.25, -0.2) is 0 Å².